The summed E-state index contributed by atoms with van der Waals surface area (Å²) in [5, 5.41) is 9.73. The summed E-state index contributed by atoms with van der Waals surface area (Å²) in [5.41, 5.74) is 6.77. The molecular weight excluding hydrogens is 222 g/mol. The van der Waals surface area contributed by atoms with Gasteiger partial charge in [0.15, 0.2) is 5.78 Å². The molecule has 0 saturated carbocycles. The molecule has 0 bridgehead atoms. The number of ketones is 1. The van der Waals surface area contributed by atoms with E-state index in [0.29, 0.717) is 16.1 Å². The van der Waals surface area contributed by atoms with Gasteiger partial charge in [-0.15, -0.1) is 11.3 Å². The molecule has 2 rings (SSSR count). The lowest BCUT2D eigenvalue weighted by molar-refractivity contribution is 0.102. The van der Waals surface area contributed by atoms with Gasteiger partial charge < -0.3 is 10.8 Å². The summed E-state index contributed by atoms with van der Waals surface area (Å²) in [7, 11) is 0. The molecule has 4 heteroatoms. The van der Waals surface area contributed by atoms with Gasteiger partial charge in [0.05, 0.1) is 4.88 Å². The van der Waals surface area contributed by atoms with E-state index < -0.39 is 0 Å². The van der Waals surface area contributed by atoms with Crippen LogP contribution in [0.5, 0.6) is 5.75 Å². The largest absolute Gasteiger partial charge is 0.507 e. The van der Waals surface area contributed by atoms with E-state index in [9.17, 15) is 9.90 Å². The molecule has 82 valence electrons. The molecule has 0 spiro atoms. The molecule has 0 atom stereocenters. The van der Waals surface area contributed by atoms with Crippen LogP contribution in [-0.4, -0.2) is 10.9 Å². The van der Waals surface area contributed by atoms with Gasteiger partial charge in [0.1, 0.15) is 5.75 Å². The van der Waals surface area contributed by atoms with Crippen LogP contribution in [0.1, 0.15) is 16.6 Å². The average Bonchev–Trinajstić information content (AvgIpc) is 2.66. The van der Waals surface area contributed by atoms with Crippen LogP contribution in [-0.2, 0) is 0 Å². The average molecular weight is 233 g/mol. The van der Waals surface area contributed by atoms with Crippen LogP contribution in [0.15, 0.2) is 30.3 Å². The summed E-state index contributed by atoms with van der Waals surface area (Å²) in [4.78, 5) is 12.7. The molecule has 3 N–H and O–H groups in total. The minimum atomic E-state index is 0.0335. The number of anilines is 1. The van der Waals surface area contributed by atoms with Gasteiger partial charge in [-0.25, -0.2) is 0 Å². The number of phenolic OH excluding ortho intramolecular Hbond substituents is 1. The number of carbonyl (C=O) groups is 1. The first kappa shape index (κ1) is 10.7. The fraction of sp³-hybridized carbons (Fsp3) is 0.0833. The van der Waals surface area contributed by atoms with Crippen LogP contribution in [0.3, 0.4) is 0 Å². The number of carbonyl (C=O) groups excluding carboxylic acids is 1. The number of phenols is 1. The second kappa shape index (κ2) is 3.98. The van der Waals surface area contributed by atoms with Gasteiger partial charge in [-0.1, -0.05) is 0 Å². The first-order chi connectivity index (χ1) is 7.58. The quantitative estimate of drug-likeness (QED) is 0.619. The van der Waals surface area contributed by atoms with Gasteiger partial charge in [-0.05, 0) is 31.2 Å². The van der Waals surface area contributed by atoms with Crippen molar-refractivity contribution in [2.24, 2.45) is 0 Å². The Balaban J connectivity index is 2.46. The van der Waals surface area contributed by atoms with E-state index in [0.717, 1.165) is 4.88 Å². The highest BCUT2D eigenvalue weighted by molar-refractivity contribution is 7.17. The van der Waals surface area contributed by atoms with E-state index in [1.165, 1.54) is 24.3 Å². The third kappa shape index (κ3) is 1.92. The first-order valence-corrected chi connectivity index (χ1v) is 5.59. The number of rotatable bonds is 2. The molecule has 0 saturated heterocycles. The first-order valence-electron chi connectivity index (χ1n) is 4.77. The number of benzene rings is 1. The molecule has 0 unspecified atom stereocenters. The normalized spacial score (nSPS) is 10.3. The van der Waals surface area contributed by atoms with E-state index >= 15 is 0 Å². The molecule has 1 aromatic heterocycles. The van der Waals surface area contributed by atoms with Crippen molar-refractivity contribution < 1.29 is 9.90 Å². The SMILES string of the molecule is CC(=O)c1ccc(-c2ccc(N)cc2O)s1. The monoisotopic (exact) mass is 233 g/mol. The minimum absolute atomic E-state index is 0.0335. The molecule has 0 aliphatic heterocycles. The third-order valence-electron chi connectivity index (χ3n) is 2.24. The molecule has 2 aromatic rings. The number of hydrogen-bond acceptors (Lipinski definition) is 4. The second-order valence-electron chi connectivity index (χ2n) is 3.50. The van der Waals surface area contributed by atoms with Gasteiger partial charge in [-0.2, -0.15) is 0 Å². The Kier molecular flexibility index (Phi) is 2.66. The standard InChI is InChI=1S/C12H11NO2S/c1-7(14)11-4-5-12(16-11)9-3-2-8(13)6-10(9)15/h2-6,15H,13H2,1H3. The second-order valence-corrected chi connectivity index (χ2v) is 4.58. The maximum atomic E-state index is 11.2. The van der Waals surface area contributed by atoms with Crippen LogP contribution < -0.4 is 5.73 Å². The number of hydrogen-bond donors (Lipinski definition) is 2. The minimum Gasteiger partial charge on any atom is -0.507 e. The van der Waals surface area contributed by atoms with Gasteiger partial charge in [0.25, 0.3) is 0 Å². The number of nitrogens with two attached hydrogens (primary N) is 1. The zero-order valence-corrected chi connectivity index (χ0v) is 9.54. The van der Waals surface area contributed by atoms with Crippen molar-refractivity contribution in [2.75, 3.05) is 5.73 Å². The fourth-order valence-electron chi connectivity index (χ4n) is 1.43. The maximum absolute atomic E-state index is 11.2. The van der Waals surface area contributed by atoms with E-state index in [1.807, 2.05) is 6.07 Å². The predicted molar refractivity (Wildman–Crippen MR) is 65.8 cm³/mol. The highest BCUT2D eigenvalue weighted by Crippen LogP contribution is 2.35. The van der Waals surface area contributed by atoms with Crippen LogP contribution in [0.2, 0.25) is 0 Å². The van der Waals surface area contributed by atoms with Crippen molar-refractivity contribution in [2.45, 2.75) is 6.92 Å². The molecule has 16 heavy (non-hydrogen) atoms. The molecule has 1 heterocycles. The summed E-state index contributed by atoms with van der Waals surface area (Å²) in [6.07, 6.45) is 0. The van der Waals surface area contributed by atoms with Crippen LogP contribution in [0.25, 0.3) is 10.4 Å². The highest BCUT2D eigenvalue weighted by Gasteiger charge is 2.09. The van der Waals surface area contributed by atoms with Crippen molar-refractivity contribution in [3.63, 3.8) is 0 Å². The fourth-order valence-corrected chi connectivity index (χ4v) is 2.36. The number of Topliss-reactive ketones (excluding diaryl/α,β-unsaturated/α-hetero) is 1. The Labute approximate surface area is 97.2 Å². The Bertz CT molecular complexity index is 546. The summed E-state index contributed by atoms with van der Waals surface area (Å²) >= 11 is 1.36. The van der Waals surface area contributed by atoms with Crippen molar-refractivity contribution >= 4 is 22.8 Å². The van der Waals surface area contributed by atoms with Crippen LogP contribution in [0, 0.1) is 0 Å². The molecule has 0 aliphatic carbocycles. The lowest BCUT2D eigenvalue weighted by Crippen LogP contribution is -1.84. The van der Waals surface area contributed by atoms with Gasteiger partial charge in [-0.3, -0.25) is 4.79 Å². The number of nitrogen functional groups attached to an aromatic ring is 1. The van der Waals surface area contributed by atoms with Gasteiger partial charge in [0, 0.05) is 22.2 Å². The Morgan fingerprint density at radius 1 is 1.31 bits per heavy atom. The molecule has 0 aliphatic rings. The summed E-state index contributed by atoms with van der Waals surface area (Å²) in [6, 6.07) is 8.57. The lowest BCUT2D eigenvalue weighted by Gasteiger charge is -2.02. The molecule has 0 fully saturated rings. The Hall–Kier alpha value is -1.81. The van der Waals surface area contributed by atoms with Crippen LogP contribution in [0.4, 0.5) is 5.69 Å². The zero-order chi connectivity index (χ0) is 11.7. The third-order valence-corrected chi connectivity index (χ3v) is 3.46. The van der Waals surface area contributed by atoms with E-state index in [-0.39, 0.29) is 11.5 Å². The number of aromatic hydroxyl groups is 1. The van der Waals surface area contributed by atoms with Crippen molar-refractivity contribution in [3.05, 3.63) is 35.2 Å². The van der Waals surface area contributed by atoms with Crippen LogP contribution >= 0.6 is 11.3 Å². The lowest BCUT2D eigenvalue weighted by atomic mass is 10.1. The molecular formula is C12H11NO2S. The van der Waals surface area contributed by atoms with E-state index in [2.05, 4.69) is 0 Å². The zero-order valence-electron chi connectivity index (χ0n) is 8.73. The summed E-state index contributed by atoms with van der Waals surface area (Å²) in [5.74, 6) is 0.170. The molecule has 0 radical (unpaired) electrons. The summed E-state index contributed by atoms with van der Waals surface area (Å²) in [6.45, 7) is 1.53. The molecule has 0 amide bonds. The Morgan fingerprint density at radius 3 is 2.62 bits per heavy atom. The van der Waals surface area contributed by atoms with Crippen molar-refractivity contribution in [3.8, 4) is 16.2 Å². The molecule has 1 aromatic carbocycles. The van der Waals surface area contributed by atoms with E-state index in [4.69, 9.17) is 5.73 Å². The van der Waals surface area contributed by atoms with E-state index in [1.54, 1.807) is 18.2 Å². The number of thiophene rings is 1. The van der Waals surface area contributed by atoms with Gasteiger partial charge in [0.2, 0.25) is 0 Å². The predicted octanol–water partition coefficient (Wildman–Crippen LogP) is 2.91. The maximum Gasteiger partial charge on any atom is 0.169 e. The highest BCUT2D eigenvalue weighted by atomic mass is 32.1. The Morgan fingerprint density at radius 2 is 2.06 bits per heavy atom. The van der Waals surface area contributed by atoms with Crippen molar-refractivity contribution in [1.82, 2.24) is 0 Å². The van der Waals surface area contributed by atoms with Crippen molar-refractivity contribution in [1.29, 1.82) is 0 Å². The smallest absolute Gasteiger partial charge is 0.169 e. The van der Waals surface area contributed by atoms with Gasteiger partial charge >= 0.3 is 0 Å². The molecule has 3 nitrogen and oxygen atoms in total. The topological polar surface area (TPSA) is 63.3 Å². The summed E-state index contributed by atoms with van der Waals surface area (Å²) < 4.78 is 0.